The molecule has 3 rings (SSSR count). The van der Waals surface area contributed by atoms with Gasteiger partial charge in [-0.3, -0.25) is 14.9 Å². The van der Waals surface area contributed by atoms with Gasteiger partial charge in [0.2, 0.25) is 5.91 Å². The van der Waals surface area contributed by atoms with E-state index in [1.807, 2.05) is 0 Å². The molecule has 0 spiro atoms. The average Bonchev–Trinajstić information content (AvgIpc) is 2.72. The highest BCUT2D eigenvalue weighted by Gasteiger charge is 2.21. The number of methoxy groups -OCH3 is 1. The summed E-state index contributed by atoms with van der Waals surface area (Å²) < 4.78 is 18.2. The summed E-state index contributed by atoms with van der Waals surface area (Å²) in [4.78, 5) is 26.8. The van der Waals surface area contributed by atoms with Crippen LogP contribution in [0.25, 0.3) is 0 Å². The molecule has 1 heterocycles. The summed E-state index contributed by atoms with van der Waals surface area (Å²) in [6.45, 7) is 2.40. The molecule has 1 fully saturated rings. The van der Waals surface area contributed by atoms with Gasteiger partial charge in [-0.1, -0.05) is 0 Å². The van der Waals surface area contributed by atoms with E-state index in [-0.39, 0.29) is 24.0 Å². The number of nitrogens with zero attached hydrogens (tertiary/aromatic N) is 3. The van der Waals surface area contributed by atoms with Gasteiger partial charge in [0.1, 0.15) is 11.6 Å². The Bertz CT molecular complexity index is 852. The molecule has 0 aliphatic carbocycles. The predicted molar refractivity (Wildman–Crippen MR) is 103 cm³/mol. The molecule has 1 aliphatic rings. The number of nitrogens with one attached hydrogen (secondary N) is 1. The SMILES string of the molecule is COc1ccc([N+](=O)[O-])cc1NCC(=O)N1CCN(c2ccc(F)cc2)CC1. The van der Waals surface area contributed by atoms with Gasteiger partial charge >= 0.3 is 0 Å². The minimum Gasteiger partial charge on any atom is -0.495 e. The maximum Gasteiger partial charge on any atom is 0.271 e. The highest BCUT2D eigenvalue weighted by Crippen LogP contribution is 2.28. The lowest BCUT2D eigenvalue weighted by Crippen LogP contribution is -2.50. The number of anilines is 2. The number of carbonyl (C=O) groups is 1. The first-order chi connectivity index (χ1) is 13.5. The van der Waals surface area contributed by atoms with Crippen molar-refractivity contribution in [3.8, 4) is 5.75 Å². The van der Waals surface area contributed by atoms with E-state index in [0.29, 0.717) is 37.6 Å². The summed E-state index contributed by atoms with van der Waals surface area (Å²) in [7, 11) is 1.46. The zero-order chi connectivity index (χ0) is 20.1. The Labute approximate surface area is 161 Å². The quantitative estimate of drug-likeness (QED) is 0.604. The lowest BCUT2D eigenvalue weighted by Gasteiger charge is -2.36. The number of nitro benzene ring substituents is 1. The molecule has 8 nitrogen and oxygen atoms in total. The van der Waals surface area contributed by atoms with Gasteiger partial charge in [0.25, 0.3) is 5.69 Å². The van der Waals surface area contributed by atoms with Crippen LogP contribution in [-0.4, -0.2) is 55.6 Å². The largest absolute Gasteiger partial charge is 0.495 e. The molecule has 0 unspecified atom stereocenters. The molecule has 1 N–H and O–H groups in total. The van der Waals surface area contributed by atoms with Crippen molar-refractivity contribution in [3.05, 3.63) is 58.4 Å². The number of benzene rings is 2. The minimum atomic E-state index is -0.499. The van der Waals surface area contributed by atoms with Gasteiger partial charge in [0, 0.05) is 44.0 Å². The number of non-ortho nitro benzene ring substituents is 1. The van der Waals surface area contributed by atoms with Crippen molar-refractivity contribution in [1.29, 1.82) is 0 Å². The van der Waals surface area contributed by atoms with Gasteiger partial charge in [0.05, 0.1) is 24.3 Å². The number of hydrogen-bond donors (Lipinski definition) is 1. The molecule has 1 amide bonds. The van der Waals surface area contributed by atoms with Crippen molar-refractivity contribution in [2.75, 3.05) is 50.1 Å². The molecule has 1 saturated heterocycles. The van der Waals surface area contributed by atoms with Gasteiger partial charge in [-0.25, -0.2) is 4.39 Å². The van der Waals surface area contributed by atoms with Crippen LogP contribution in [0.1, 0.15) is 0 Å². The summed E-state index contributed by atoms with van der Waals surface area (Å²) in [5, 5.41) is 13.9. The summed E-state index contributed by atoms with van der Waals surface area (Å²) in [6.07, 6.45) is 0. The molecule has 0 radical (unpaired) electrons. The van der Waals surface area contributed by atoms with Crippen LogP contribution in [0, 0.1) is 15.9 Å². The lowest BCUT2D eigenvalue weighted by molar-refractivity contribution is -0.384. The van der Waals surface area contributed by atoms with Gasteiger partial charge in [-0.05, 0) is 30.3 Å². The van der Waals surface area contributed by atoms with Crippen LogP contribution < -0.4 is 15.0 Å². The van der Waals surface area contributed by atoms with E-state index in [4.69, 9.17) is 4.74 Å². The molecule has 0 atom stereocenters. The van der Waals surface area contributed by atoms with Gasteiger partial charge < -0.3 is 19.9 Å². The van der Waals surface area contributed by atoms with E-state index >= 15 is 0 Å². The maximum absolute atomic E-state index is 13.0. The summed E-state index contributed by atoms with van der Waals surface area (Å²) in [5.41, 5.74) is 1.24. The zero-order valence-corrected chi connectivity index (χ0v) is 15.4. The predicted octanol–water partition coefficient (Wildman–Crippen LogP) is 2.50. The van der Waals surface area contributed by atoms with Crippen LogP contribution in [-0.2, 0) is 4.79 Å². The van der Waals surface area contributed by atoms with Crippen LogP contribution in [0.2, 0.25) is 0 Å². The van der Waals surface area contributed by atoms with Crippen molar-refractivity contribution in [2.45, 2.75) is 0 Å². The van der Waals surface area contributed by atoms with E-state index < -0.39 is 4.92 Å². The maximum atomic E-state index is 13.0. The van der Waals surface area contributed by atoms with Crippen molar-refractivity contribution < 1.29 is 18.8 Å². The number of rotatable bonds is 6. The topological polar surface area (TPSA) is 87.9 Å². The molecule has 28 heavy (non-hydrogen) atoms. The average molecular weight is 388 g/mol. The number of carbonyl (C=O) groups excluding carboxylic acids is 1. The normalized spacial score (nSPS) is 13.9. The first-order valence-electron chi connectivity index (χ1n) is 8.82. The van der Waals surface area contributed by atoms with Gasteiger partial charge in [-0.2, -0.15) is 0 Å². The zero-order valence-electron chi connectivity index (χ0n) is 15.4. The molecule has 2 aromatic rings. The number of nitro groups is 1. The molecule has 148 valence electrons. The van der Waals surface area contributed by atoms with E-state index in [9.17, 15) is 19.3 Å². The first-order valence-corrected chi connectivity index (χ1v) is 8.82. The van der Waals surface area contributed by atoms with Crippen molar-refractivity contribution in [3.63, 3.8) is 0 Å². The Morgan fingerprint density at radius 1 is 1.18 bits per heavy atom. The highest BCUT2D eigenvalue weighted by atomic mass is 19.1. The van der Waals surface area contributed by atoms with Crippen LogP contribution in [0.4, 0.5) is 21.5 Å². The van der Waals surface area contributed by atoms with E-state index in [0.717, 1.165) is 5.69 Å². The summed E-state index contributed by atoms with van der Waals surface area (Å²) in [5.74, 6) is 0.0482. The fourth-order valence-electron chi connectivity index (χ4n) is 3.10. The number of hydrogen-bond acceptors (Lipinski definition) is 6. The number of piperazine rings is 1. The Morgan fingerprint density at radius 3 is 2.46 bits per heavy atom. The Morgan fingerprint density at radius 2 is 1.86 bits per heavy atom. The third kappa shape index (κ3) is 4.48. The first kappa shape index (κ1) is 19.4. The van der Waals surface area contributed by atoms with Crippen LogP contribution in [0.15, 0.2) is 42.5 Å². The molecule has 0 aromatic heterocycles. The monoisotopic (exact) mass is 388 g/mol. The smallest absolute Gasteiger partial charge is 0.271 e. The van der Waals surface area contributed by atoms with E-state index in [1.165, 1.54) is 37.4 Å². The minimum absolute atomic E-state index is 0.00801. The van der Waals surface area contributed by atoms with E-state index in [2.05, 4.69) is 10.2 Å². The molecule has 1 aliphatic heterocycles. The van der Waals surface area contributed by atoms with Crippen LogP contribution >= 0.6 is 0 Å². The van der Waals surface area contributed by atoms with E-state index in [1.54, 1.807) is 17.0 Å². The Hall–Kier alpha value is -3.36. The Kier molecular flexibility index (Phi) is 5.93. The molecule has 2 aromatic carbocycles. The molecular formula is C19H21FN4O4. The lowest BCUT2D eigenvalue weighted by atomic mass is 10.2. The molecule has 0 saturated carbocycles. The molecule has 0 bridgehead atoms. The summed E-state index contributed by atoms with van der Waals surface area (Å²) >= 11 is 0. The standard InChI is InChI=1S/C19H21FN4O4/c1-28-18-7-6-16(24(26)27)12-17(18)21-13-19(25)23-10-8-22(9-11-23)15-4-2-14(20)3-5-15/h2-7,12,21H,8-11,13H2,1H3. The number of ether oxygens (including phenoxy) is 1. The molecule has 9 heteroatoms. The fourth-order valence-corrected chi connectivity index (χ4v) is 3.10. The highest BCUT2D eigenvalue weighted by molar-refractivity contribution is 5.82. The third-order valence-corrected chi connectivity index (χ3v) is 4.65. The Balaban J connectivity index is 1.55. The van der Waals surface area contributed by atoms with Crippen molar-refractivity contribution >= 4 is 23.0 Å². The summed E-state index contributed by atoms with van der Waals surface area (Å²) in [6, 6.07) is 10.5. The van der Waals surface area contributed by atoms with Crippen LogP contribution in [0.3, 0.4) is 0 Å². The fraction of sp³-hybridized carbons (Fsp3) is 0.316. The van der Waals surface area contributed by atoms with Gasteiger partial charge in [-0.15, -0.1) is 0 Å². The number of amides is 1. The second-order valence-corrected chi connectivity index (χ2v) is 6.34. The van der Waals surface area contributed by atoms with Crippen molar-refractivity contribution in [1.82, 2.24) is 4.90 Å². The second kappa shape index (κ2) is 8.55. The van der Waals surface area contributed by atoms with Gasteiger partial charge in [0.15, 0.2) is 0 Å². The second-order valence-electron chi connectivity index (χ2n) is 6.34. The van der Waals surface area contributed by atoms with Crippen molar-refractivity contribution in [2.24, 2.45) is 0 Å². The molecular weight excluding hydrogens is 367 g/mol. The third-order valence-electron chi connectivity index (χ3n) is 4.65. The number of halogens is 1. The van der Waals surface area contributed by atoms with Crippen LogP contribution in [0.5, 0.6) is 5.75 Å².